The molecule has 0 fully saturated rings. The molecule has 0 aromatic heterocycles. The van der Waals surface area contributed by atoms with Crippen molar-refractivity contribution >= 4 is 11.8 Å². The Morgan fingerprint density at radius 2 is 1.67 bits per heavy atom. The Kier molecular flexibility index (Phi) is 5.64. The summed E-state index contributed by atoms with van der Waals surface area (Å²) in [7, 11) is 3.18. The number of fused-ring (bicyclic) bond motifs is 1. The Hall–Kier alpha value is -3.02. The van der Waals surface area contributed by atoms with Crippen LogP contribution in [0.5, 0.6) is 11.5 Å². The number of hydrogen-bond acceptors (Lipinski definition) is 4. The zero-order valence-electron chi connectivity index (χ0n) is 15.8. The molecule has 2 aromatic rings. The van der Waals surface area contributed by atoms with E-state index in [9.17, 15) is 9.59 Å². The third kappa shape index (κ3) is 4.05. The summed E-state index contributed by atoms with van der Waals surface area (Å²) in [5, 5.41) is 2.78. The second-order valence-corrected chi connectivity index (χ2v) is 6.56. The van der Waals surface area contributed by atoms with Gasteiger partial charge in [0.1, 0.15) is 0 Å². The van der Waals surface area contributed by atoms with E-state index in [1.165, 1.54) is 0 Å². The number of carbonyl (C=O) groups excluding carboxylic acids is 2. The smallest absolute Gasteiger partial charge is 0.312 e. The van der Waals surface area contributed by atoms with Crippen LogP contribution in [-0.2, 0) is 22.6 Å². The molecule has 1 unspecified atom stereocenters. The van der Waals surface area contributed by atoms with Crippen molar-refractivity contribution in [1.29, 1.82) is 0 Å². The molecule has 2 aromatic carbocycles. The van der Waals surface area contributed by atoms with Gasteiger partial charge < -0.3 is 19.7 Å². The zero-order valence-corrected chi connectivity index (χ0v) is 15.8. The van der Waals surface area contributed by atoms with Crippen LogP contribution < -0.4 is 14.8 Å². The van der Waals surface area contributed by atoms with Crippen LogP contribution >= 0.6 is 0 Å². The van der Waals surface area contributed by atoms with E-state index in [1.54, 1.807) is 19.1 Å². The number of rotatable bonds is 4. The van der Waals surface area contributed by atoms with E-state index >= 15 is 0 Å². The molecule has 142 valence electrons. The Morgan fingerprint density at radius 1 is 1.04 bits per heavy atom. The largest absolute Gasteiger partial charge is 0.493 e. The summed E-state index contributed by atoms with van der Waals surface area (Å²) in [5.74, 6) is 0.187. The summed E-state index contributed by atoms with van der Waals surface area (Å²) in [6.45, 7) is 2.74. The molecule has 1 heterocycles. The van der Waals surface area contributed by atoms with Crippen molar-refractivity contribution < 1.29 is 19.1 Å². The van der Waals surface area contributed by atoms with Gasteiger partial charge in [0.2, 0.25) is 0 Å². The summed E-state index contributed by atoms with van der Waals surface area (Å²) < 4.78 is 10.7. The van der Waals surface area contributed by atoms with Crippen molar-refractivity contribution in [1.82, 2.24) is 10.2 Å². The van der Waals surface area contributed by atoms with Crippen molar-refractivity contribution in [3.05, 3.63) is 59.2 Å². The van der Waals surface area contributed by atoms with E-state index in [0.717, 1.165) is 16.7 Å². The fourth-order valence-electron chi connectivity index (χ4n) is 3.28. The van der Waals surface area contributed by atoms with Crippen LogP contribution in [0.4, 0.5) is 0 Å². The molecule has 6 heteroatoms. The Labute approximate surface area is 159 Å². The molecule has 1 N–H and O–H groups in total. The average Bonchev–Trinajstić information content (AvgIpc) is 2.72. The average molecular weight is 368 g/mol. The van der Waals surface area contributed by atoms with Gasteiger partial charge >= 0.3 is 11.8 Å². The molecular formula is C21H24N2O4. The predicted molar refractivity (Wildman–Crippen MR) is 102 cm³/mol. The first-order chi connectivity index (χ1) is 13.0. The fourth-order valence-corrected chi connectivity index (χ4v) is 3.28. The van der Waals surface area contributed by atoms with Crippen LogP contribution in [0.3, 0.4) is 0 Å². The molecule has 1 aliphatic rings. The first-order valence-electron chi connectivity index (χ1n) is 8.92. The quantitative estimate of drug-likeness (QED) is 0.842. The van der Waals surface area contributed by atoms with Gasteiger partial charge in [0, 0.05) is 13.1 Å². The molecular weight excluding hydrogens is 344 g/mol. The molecule has 0 saturated heterocycles. The van der Waals surface area contributed by atoms with Gasteiger partial charge in [-0.15, -0.1) is 0 Å². The first kappa shape index (κ1) is 18.8. The molecule has 2 amide bonds. The van der Waals surface area contributed by atoms with Crippen molar-refractivity contribution in [2.45, 2.75) is 25.9 Å². The van der Waals surface area contributed by atoms with Crippen LogP contribution in [0.25, 0.3) is 0 Å². The Balaban J connectivity index is 1.69. The van der Waals surface area contributed by atoms with E-state index in [0.29, 0.717) is 31.0 Å². The van der Waals surface area contributed by atoms with Gasteiger partial charge in [0.25, 0.3) is 0 Å². The van der Waals surface area contributed by atoms with Crippen molar-refractivity contribution in [3.8, 4) is 11.5 Å². The molecule has 0 spiro atoms. The summed E-state index contributed by atoms with van der Waals surface area (Å²) in [4.78, 5) is 26.6. The number of methoxy groups -OCH3 is 2. The van der Waals surface area contributed by atoms with Crippen molar-refractivity contribution in [2.24, 2.45) is 0 Å². The molecule has 0 saturated carbocycles. The Morgan fingerprint density at radius 3 is 2.30 bits per heavy atom. The lowest BCUT2D eigenvalue weighted by atomic mass is 9.98. The van der Waals surface area contributed by atoms with Gasteiger partial charge in [-0.2, -0.15) is 0 Å². The molecule has 1 aliphatic heterocycles. The van der Waals surface area contributed by atoms with Crippen LogP contribution in [-0.4, -0.2) is 37.5 Å². The molecule has 1 atom stereocenters. The lowest BCUT2D eigenvalue weighted by Crippen LogP contribution is -2.45. The predicted octanol–water partition coefficient (Wildman–Crippen LogP) is 2.47. The lowest BCUT2D eigenvalue weighted by Gasteiger charge is -2.29. The van der Waals surface area contributed by atoms with Gasteiger partial charge in [-0.05, 0) is 42.2 Å². The normalized spacial score (nSPS) is 14.1. The lowest BCUT2D eigenvalue weighted by molar-refractivity contribution is -0.146. The van der Waals surface area contributed by atoms with E-state index < -0.39 is 11.8 Å². The minimum absolute atomic E-state index is 0.232. The number of amides is 2. The van der Waals surface area contributed by atoms with Gasteiger partial charge in [0.05, 0.1) is 20.3 Å². The number of benzene rings is 2. The SMILES string of the molecule is COc1cc2c(cc1OC)CN(C(=O)C(=O)NC(C)c1ccccc1)CC2. The van der Waals surface area contributed by atoms with E-state index in [4.69, 9.17) is 9.47 Å². The molecule has 0 aliphatic carbocycles. The topological polar surface area (TPSA) is 67.9 Å². The van der Waals surface area contributed by atoms with Gasteiger partial charge in [-0.1, -0.05) is 30.3 Å². The number of nitrogens with one attached hydrogen (secondary N) is 1. The molecule has 27 heavy (non-hydrogen) atoms. The van der Waals surface area contributed by atoms with Crippen LogP contribution in [0, 0.1) is 0 Å². The fraction of sp³-hybridized carbons (Fsp3) is 0.333. The third-order valence-electron chi connectivity index (χ3n) is 4.85. The molecule has 0 radical (unpaired) electrons. The second-order valence-electron chi connectivity index (χ2n) is 6.56. The van der Waals surface area contributed by atoms with Gasteiger partial charge in [0.15, 0.2) is 11.5 Å². The van der Waals surface area contributed by atoms with Gasteiger partial charge in [-0.3, -0.25) is 9.59 Å². The van der Waals surface area contributed by atoms with Gasteiger partial charge in [-0.25, -0.2) is 0 Å². The number of nitrogens with zero attached hydrogens (tertiary/aromatic N) is 1. The van der Waals surface area contributed by atoms with E-state index in [2.05, 4.69) is 5.32 Å². The summed E-state index contributed by atoms with van der Waals surface area (Å²) in [6, 6.07) is 13.2. The molecule has 0 bridgehead atoms. The first-order valence-corrected chi connectivity index (χ1v) is 8.92. The monoisotopic (exact) mass is 368 g/mol. The highest BCUT2D eigenvalue weighted by molar-refractivity contribution is 6.35. The maximum Gasteiger partial charge on any atom is 0.312 e. The number of ether oxygens (including phenoxy) is 2. The maximum absolute atomic E-state index is 12.6. The molecule has 6 nitrogen and oxygen atoms in total. The highest BCUT2D eigenvalue weighted by Crippen LogP contribution is 2.33. The highest BCUT2D eigenvalue weighted by Gasteiger charge is 2.27. The third-order valence-corrected chi connectivity index (χ3v) is 4.85. The maximum atomic E-state index is 12.6. The standard InChI is InChI=1S/C21H24N2O4/c1-14(15-7-5-4-6-8-15)22-20(24)21(25)23-10-9-16-11-18(26-2)19(27-3)12-17(16)13-23/h4-8,11-12,14H,9-10,13H2,1-3H3,(H,22,24). The second kappa shape index (κ2) is 8.12. The van der Waals surface area contributed by atoms with E-state index in [1.807, 2.05) is 49.4 Å². The van der Waals surface area contributed by atoms with Crippen LogP contribution in [0.2, 0.25) is 0 Å². The zero-order chi connectivity index (χ0) is 19.4. The summed E-state index contributed by atoms with van der Waals surface area (Å²) >= 11 is 0. The Bertz CT molecular complexity index is 836. The number of hydrogen-bond donors (Lipinski definition) is 1. The van der Waals surface area contributed by atoms with E-state index in [-0.39, 0.29) is 6.04 Å². The van der Waals surface area contributed by atoms with Crippen molar-refractivity contribution in [3.63, 3.8) is 0 Å². The summed E-state index contributed by atoms with van der Waals surface area (Å²) in [6.07, 6.45) is 0.670. The van der Waals surface area contributed by atoms with Crippen molar-refractivity contribution in [2.75, 3.05) is 20.8 Å². The summed E-state index contributed by atoms with van der Waals surface area (Å²) in [5.41, 5.74) is 3.03. The van der Waals surface area contributed by atoms with Crippen LogP contribution in [0.1, 0.15) is 29.7 Å². The number of carbonyl (C=O) groups is 2. The molecule has 3 rings (SSSR count). The minimum Gasteiger partial charge on any atom is -0.493 e. The highest BCUT2D eigenvalue weighted by atomic mass is 16.5. The minimum atomic E-state index is -0.588. The van der Waals surface area contributed by atoms with Crippen LogP contribution in [0.15, 0.2) is 42.5 Å².